The average Bonchev–Trinajstić information content (AvgIpc) is 2.21. The summed E-state index contributed by atoms with van der Waals surface area (Å²) < 4.78 is 39.0. The molecule has 0 aromatic heterocycles. The lowest BCUT2D eigenvalue weighted by Crippen LogP contribution is -1.98. The van der Waals surface area contributed by atoms with Crippen molar-refractivity contribution in [1.29, 1.82) is 0 Å². The molecule has 3 nitrogen and oxygen atoms in total. The molecule has 1 aliphatic rings. The average molecular weight is 234 g/mol. The molecule has 0 aliphatic carbocycles. The molecule has 0 saturated heterocycles. The van der Waals surface area contributed by atoms with Crippen LogP contribution >= 0.6 is 11.6 Å². The number of sulfonamides is 1. The molecule has 14 heavy (non-hydrogen) atoms. The fraction of sp³-hybridized carbons (Fsp3) is 0.125. The lowest BCUT2D eigenvalue weighted by molar-refractivity contribution is 0.597. The molecule has 1 aliphatic heterocycles. The van der Waals surface area contributed by atoms with Crippen molar-refractivity contribution in [2.45, 2.75) is 11.8 Å². The SMILES string of the molecule is Cc1cc(F)cc2c1S(=O)(=O)N=C2Cl. The van der Waals surface area contributed by atoms with Crippen molar-refractivity contribution in [3.8, 4) is 0 Å². The van der Waals surface area contributed by atoms with Crippen molar-refractivity contribution >= 4 is 26.8 Å². The molecule has 0 atom stereocenters. The van der Waals surface area contributed by atoms with E-state index in [1.807, 2.05) is 0 Å². The number of halogens is 2. The molecule has 0 N–H and O–H groups in total. The molecule has 0 bridgehead atoms. The lowest BCUT2D eigenvalue weighted by atomic mass is 10.1. The smallest absolute Gasteiger partial charge is 0.207 e. The van der Waals surface area contributed by atoms with Gasteiger partial charge in [0.2, 0.25) is 0 Å². The monoisotopic (exact) mass is 233 g/mol. The van der Waals surface area contributed by atoms with E-state index in [2.05, 4.69) is 4.40 Å². The largest absolute Gasteiger partial charge is 0.284 e. The Morgan fingerprint density at radius 1 is 1.43 bits per heavy atom. The Morgan fingerprint density at radius 2 is 2.07 bits per heavy atom. The van der Waals surface area contributed by atoms with Crippen LogP contribution in [0.1, 0.15) is 11.1 Å². The van der Waals surface area contributed by atoms with E-state index in [4.69, 9.17) is 11.6 Å². The molecular weight excluding hydrogens is 229 g/mol. The number of aryl methyl sites for hydroxylation is 1. The van der Waals surface area contributed by atoms with Gasteiger partial charge < -0.3 is 0 Å². The topological polar surface area (TPSA) is 46.5 Å². The maximum Gasteiger partial charge on any atom is 0.284 e. The van der Waals surface area contributed by atoms with E-state index in [0.29, 0.717) is 5.56 Å². The number of fused-ring (bicyclic) bond motifs is 1. The van der Waals surface area contributed by atoms with Crippen LogP contribution in [0.4, 0.5) is 4.39 Å². The summed E-state index contributed by atoms with van der Waals surface area (Å²) in [5.74, 6) is -0.522. The van der Waals surface area contributed by atoms with E-state index in [1.54, 1.807) is 0 Å². The number of rotatable bonds is 0. The van der Waals surface area contributed by atoms with Crippen molar-refractivity contribution in [2.24, 2.45) is 4.40 Å². The number of benzene rings is 1. The molecule has 0 fully saturated rings. The molecule has 0 amide bonds. The second-order valence-electron chi connectivity index (χ2n) is 2.96. The molecule has 1 aromatic rings. The number of hydrogen-bond acceptors (Lipinski definition) is 2. The van der Waals surface area contributed by atoms with Crippen LogP contribution in [0.15, 0.2) is 21.4 Å². The third-order valence-corrected chi connectivity index (χ3v) is 3.79. The van der Waals surface area contributed by atoms with Gasteiger partial charge in [-0.3, -0.25) is 0 Å². The van der Waals surface area contributed by atoms with Gasteiger partial charge in [-0.1, -0.05) is 11.6 Å². The van der Waals surface area contributed by atoms with E-state index in [0.717, 1.165) is 12.1 Å². The molecule has 0 radical (unpaired) electrons. The van der Waals surface area contributed by atoms with Crippen LogP contribution in [-0.2, 0) is 10.0 Å². The first-order valence-electron chi connectivity index (χ1n) is 3.73. The highest BCUT2D eigenvalue weighted by Gasteiger charge is 2.30. The van der Waals surface area contributed by atoms with Crippen LogP contribution in [0.5, 0.6) is 0 Å². The van der Waals surface area contributed by atoms with Crippen LogP contribution in [0.25, 0.3) is 0 Å². The highest BCUT2D eigenvalue weighted by Crippen LogP contribution is 2.31. The van der Waals surface area contributed by atoms with Gasteiger partial charge in [-0.25, -0.2) is 4.39 Å². The minimum Gasteiger partial charge on any atom is -0.207 e. The molecule has 6 heteroatoms. The molecular formula is C8H5ClFNO2S. The molecule has 0 unspecified atom stereocenters. The van der Waals surface area contributed by atoms with E-state index in [9.17, 15) is 12.8 Å². The zero-order valence-electron chi connectivity index (χ0n) is 7.08. The Labute approximate surface area is 85.3 Å². The maximum atomic E-state index is 12.9. The second kappa shape index (κ2) is 2.77. The summed E-state index contributed by atoms with van der Waals surface area (Å²) in [5.41, 5.74) is 0.462. The van der Waals surface area contributed by atoms with Gasteiger partial charge in [0.15, 0.2) is 5.17 Å². The molecule has 1 aromatic carbocycles. The third kappa shape index (κ3) is 1.24. The van der Waals surface area contributed by atoms with Crippen LogP contribution in [0.2, 0.25) is 0 Å². The van der Waals surface area contributed by atoms with Gasteiger partial charge in [-0.05, 0) is 24.6 Å². The van der Waals surface area contributed by atoms with Crippen molar-refractivity contribution in [2.75, 3.05) is 0 Å². The van der Waals surface area contributed by atoms with Crippen LogP contribution < -0.4 is 0 Å². The fourth-order valence-electron chi connectivity index (χ4n) is 1.43. The maximum absolute atomic E-state index is 12.9. The van der Waals surface area contributed by atoms with Crippen molar-refractivity contribution in [3.05, 3.63) is 29.1 Å². The third-order valence-electron chi connectivity index (χ3n) is 1.92. The molecule has 0 spiro atoms. The van der Waals surface area contributed by atoms with Gasteiger partial charge in [0.1, 0.15) is 10.7 Å². The Morgan fingerprint density at radius 3 is 2.71 bits per heavy atom. The summed E-state index contributed by atoms with van der Waals surface area (Å²) in [4.78, 5) is 0.00361. The second-order valence-corrected chi connectivity index (χ2v) is 4.86. The number of hydrogen-bond donors (Lipinski definition) is 0. The normalized spacial score (nSPS) is 17.8. The Hall–Kier alpha value is -0.940. The highest BCUT2D eigenvalue weighted by molar-refractivity contribution is 7.91. The number of nitrogens with zero attached hydrogens (tertiary/aromatic N) is 1. The standard InChI is InChI=1S/C8H5ClFNO2S/c1-4-2-5(10)3-6-7(4)14(12,13)11-8(6)9/h2-3H,1H3. The quantitative estimate of drug-likeness (QED) is 0.686. The molecule has 2 rings (SSSR count). The zero-order valence-corrected chi connectivity index (χ0v) is 8.66. The van der Waals surface area contributed by atoms with Gasteiger partial charge in [0.05, 0.1) is 0 Å². The highest BCUT2D eigenvalue weighted by atomic mass is 35.5. The zero-order chi connectivity index (χ0) is 10.5. The van der Waals surface area contributed by atoms with Gasteiger partial charge in [0.25, 0.3) is 10.0 Å². The molecule has 74 valence electrons. The van der Waals surface area contributed by atoms with Crippen LogP contribution in [0, 0.1) is 12.7 Å². The van der Waals surface area contributed by atoms with E-state index < -0.39 is 15.8 Å². The van der Waals surface area contributed by atoms with E-state index >= 15 is 0 Å². The first-order valence-corrected chi connectivity index (χ1v) is 5.54. The first-order chi connectivity index (χ1) is 6.42. The summed E-state index contributed by atoms with van der Waals surface area (Å²) in [6.07, 6.45) is 0. The fourth-order valence-corrected chi connectivity index (χ4v) is 3.20. The predicted molar refractivity (Wildman–Crippen MR) is 50.7 cm³/mol. The predicted octanol–water partition coefficient (Wildman–Crippen LogP) is 1.82. The minimum absolute atomic E-state index is 0.00361. The van der Waals surface area contributed by atoms with Crippen molar-refractivity contribution < 1.29 is 12.8 Å². The van der Waals surface area contributed by atoms with Gasteiger partial charge >= 0.3 is 0 Å². The molecule has 1 heterocycles. The Bertz CT molecular complexity index is 551. The Balaban J connectivity index is 2.90. The van der Waals surface area contributed by atoms with Crippen molar-refractivity contribution in [1.82, 2.24) is 0 Å². The van der Waals surface area contributed by atoms with E-state index in [1.165, 1.54) is 6.92 Å². The first kappa shape index (κ1) is 9.61. The summed E-state index contributed by atoms with van der Waals surface area (Å²) >= 11 is 5.58. The Kier molecular flexibility index (Phi) is 1.90. The lowest BCUT2D eigenvalue weighted by Gasteiger charge is -2.01. The summed E-state index contributed by atoms with van der Waals surface area (Å²) in [6, 6.07) is 2.21. The minimum atomic E-state index is -3.71. The van der Waals surface area contributed by atoms with E-state index in [-0.39, 0.29) is 15.6 Å². The van der Waals surface area contributed by atoms with Crippen molar-refractivity contribution in [3.63, 3.8) is 0 Å². The molecule has 0 saturated carbocycles. The van der Waals surface area contributed by atoms with Crippen LogP contribution in [-0.4, -0.2) is 13.6 Å². The van der Waals surface area contributed by atoms with Crippen LogP contribution in [0.3, 0.4) is 0 Å². The van der Waals surface area contributed by atoms with Gasteiger partial charge in [-0.15, -0.1) is 4.40 Å². The summed E-state index contributed by atoms with van der Waals surface area (Å²) in [7, 11) is -3.71. The summed E-state index contributed by atoms with van der Waals surface area (Å²) in [5, 5.41) is -0.178. The van der Waals surface area contributed by atoms with Gasteiger partial charge in [0, 0.05) is 5.56 Å². The summed E-state index contributed by atoms with van der Waals surface area (Å²) in [6.45, 7) is 1.50. The van der Waals surface area contributed by atoms with Gasteiger partial charge in [-0.2, -0.15) is 8.42 Å².